The summed E-state index contributed by atoms with van der Waals surface area (Å²) in [4.78, 5) is 0. The maximum atomic E-state index is 12.7. The molecule has 1 aliphatic carbocycles. The number of nitrogens with one attached hydrogen (secondary N) is 1. The number of rotatable bonds is 3. The highest BCUT2D eigenvalue weighted by Gasteiger charge is 2.33. The van der Waals surface area contributed by atoms with Crippen LogP contribution in [0.15, 0.2) is 18.2 Å². The van der Waals surface area contributed by atoms with Crippen LogP contribution in [0.2, 0.25) is 0 Å². The number of alkyl halides is 3. The summed E-state index contributed by atoms with van der Waals surface area (Å²) in [6.45, 7) is 6.22. The monoisotopic (exact) mass is 271 g/mol. The van der Waals surface area contributed by atoms with Gasteiger partial charge in [-0.2, -0.15) is 13.2 Å². The lowest BCUT2D eigenvalue weighted by Crippen LogP contribution is -2.38. The van der Waals surface area contributed by atoms with Crippen molar-refractivity contribution >= 4 is 5.69 Å². The van der Waals surface area contributed by atoms with Gasteiger partial charge >= 0.3 is 6.18 Å². The second kappa shape index (κ2) is 5.06. The Bertz CT molecular complexity index is 445. The average Bonchev–Trinajstić information content (AvgIpc) is 2.22. The Balaban J connectivity index is 2.05. The summed E-state index contributed by atoms with van der Waals surface area (Å²) in [6, 6.07) is 4.20. The molecule has 0 spiro atoms. The smallest absolute Gasteiger partial charge is 0.382 e. The van der Waals surface area contributed by atoms with Crippen molar-refractivity contribution in [2.24, 2.45) is 11.8 Å². The molecule has 0 atom stereocenters. The third-order valence-corrected chi connectivity index (χ3v) is 4.04. The van der Waals surface area contributed by atoms with Gasteiger partial charge in [-0.25, -0.2) is 0 Å². The minimum absolute atomic E-state index is 0.314. The largest absolute Gasteiger partial charge is 0.416 e. The van der Waals surface area contributed by atoms with E-state index in [0.717, 1.165) is 24.5 Å². The fourth-order valence-electron chi connectivity index (χ4n) is 2.50. The van der Waals surface area contributed by atoms with Crippen molar-refractivity contribution in [1.82, 2.24) is 0 Å². The van der Waals surface area contributed by atoms with E-state index in [0.29, 0.717) is 23.6 Å². The summed E-state index contributed by atoms with van der Waals surface area (Å²) in [5, 5.41) is 3.24. The van der Waals surface area contributed by atoms with E-state index in [9.17, 15) is 13.2 Å². The van der Waals surface area contributed by atoms with Gasteiger partial charge in [-0.15, -0.1) is 0 Å². The SMILES string of the molecule is Cc1ccc(C(F)(F)F)cc1NC1CC(C(C)C)C1. The Morgan fingerprint density at radius 2 is 1.84 bits per heavy atom. The fourth-order valence-corrected chi connectivity index (χ4v) is 2.50. The van der Waals surface area contributed by atoms with Crippen LogP contribution in [0.5, 0.6) is 0 Å². The molecule has 0 unspecified atom stereocenters. The van der Waals surface area contributed by atoms with Crippen molar-refractivity contribution in [2.75, 3.05) is 5.32 Å². The summed E-state index contributed by atoms with van der Waals surface area (Å²) in [5.41, 5.74) is 0.892. The molecular weight excluding hydrogens is 251 g/mol. The number of hydrogen-bond acceptors (Lipinski definition) is 1. The summed E-state index contributed by atoms with van der Waals surface area (Å²) in [6.07, 6.45) is -2.18. The van der Waals surface area contributed by atoms with Gasteiger partial charge in [0, 0.05) is 11.7 Å². The van der Waals surface area contributed by atoms with E-state index in [1.54, 1.807) is 0 Å². The van der Waals surface area contributed by atoms with Crippen LogP contribution in [0.25, 0.3) is 0 Å². The van der Waals surface area contributed by atoms with Gasteiger partial charge in [0.05, 0.1) is 5.56 Å². The van der Waals surface area contributed by atoms with Gasteiger partial charge in [0.15, 0.2) is 0 Å². The maximum absolute atomic E-state index is 12.7. The summed E-state index contributed by atoms with van der Waals surface area (Å²) < 4.78 is 38.0. The summed E-state index contributed by atoms with van der Waals surface area (Å²) in [5.74, 6) is 1.35. The molecule has 1 fully saturated rings. The molecule has 0 aliphatic heterocycles. The minimum atomic E-state index is -4.27. The van der Waals surface area contributed by atoms with Gasteiger partial charge in [-0.05, 0) is 49.3 Å². The Labute approximate surface area is 112 Å². The molecule has 0 bridgehead atoms. The van der Waals surface area contributed by atoms with Gasteiger partial charge in [0.25, 0.3) is 0 Å². The molecule has 0 amide bonds. The number of benzene rings is 1. The Morgan fingerprint density at radius 1 is 1.21 bits per heavy atom. The molecule has 1 N–H and O–H groups in total. The topological polar surface area (TPSA) is 12.0 Å². The summed E-state index contributed by atoms with van der Waals surface area (Å²) in [7, 11) is 0. The van der Waals surface area contributed by atoms with Crippen molar-refractivity contribution in [1.29, 1.82) is 0 Å². The van der Waals surface area contributed by atoms with Crippen molar-refractivity contribution in [3.8, 4) is 0 Å². The van der Waals surface area contributed by atoms with Crippen LogP contribution in [-0.2, 0) is 6.18 Å². The first-order valence-corrected chi connectivity index (χ1v) is 6.71. The lowest BCUT2D eigenvalue weighted by atomic mass is 9.73. The van der Waals surface area contributed by atoms with Crippen LogP contribution in [0.3, 0.4) is 0 Å². The van der Waals surface area contributed by atoms with E-state index in [4.69, 9.17) is 0 Å². The van der Waals surface area contributed by atoms with E-state index >= 15 is 0 Å². The lowest BCUT2D eigenvalue weighted by Gasteiger charge is -2.39. The summed E-state index contributed by atoms with van der Waals surface area (Å²) >= 11 is 0. The molecule has 1 aromatic rings. The standard InChI is InChI=1S/C15H20F3N/c1-9(2)11-6-13(7-11)19-14-8-12(15(16,17)18)5-4-10(14)3/h4-5,8-9,11,13,19H,6-7H2,1-3H3. The first kappa shape index (κ1) is 14.2. The first-order chi connectivity index (χ1) is 8.77. The third kappa shape index (κ3) is 3.23. The molecule has 0 aromatic heterocycles. The Morgan fingerprint density at radius 3 is 2.37 bits per heavy atom. The fraction of sp³-hybridized carbons (Fsp3) is 0.600. The van der Waals surface area contributed by atoms with Crippen molar-refractivity contribution in [3.05, 3.63) is 29.3 Å². The van der Waals surface area contributed by atoms with Gasteiger partial charge in [-0.3, -0.25) is 0 Å². The maximum Gasteiger partial charge on any atom is 0.416 e. The van der Waals surface area contributed by atoms with E-state index in [2.05, 4.69) is 19.2 Å². The molecule has 1 aliphatic rings. The van der Waals surface area contributed by atoms with E-state index in [1.165, 1.54) is 12.1 Å². The molecule has 0 radical (unpaired) electrons. The van der Waals surface area contributed by atoms with E-state index in [1.807, 2.05) is 6.92 Å². The van der Waals surface area contributed by atoms with Crippen LogP contribution >= 0.6 is 0 Å². The van der Waals surface area contributed by atoms with Crippen molar-refractivity contribution < 1.29 is 13.2 Å². The zero-order valence-electron chi connectivity index (χ0n) is 11.5. The van der Waals surface area contributed by atoms with Crippen LogP contribution in [0, 0.1) is 18.8 Å². The van der Waals surface area contributed by atoms with Crippen molar-refractivity contribution in [2.45, 2.75) is 45.8 Å². The van der Waals surface area contributed by atoms with Gasteiger partial charge in [0.2, 0.25) is 0 Å². The molecule has 106 valence electrons. The molecule has 0 heterocycles. The van der Waals surface area contributed by atoms with E-state index < -0.39 is 11.7 Å². The third-order valence-electron chi connectivity index (χ3n) is 4.04. The Kier molecular flexibility index (Phi) is 3.79. The zero-order chi connectivity index (χ0) is 14.2. The van der Waals surface area contributed by atoms with Gasteiger partial charge in [-0.1, -0.05) is 19.9 Å². The van der Waals surface area contributed by atoms with Crippen LogP contribution < -0.4 is 5.32 Å². The van der Waals surface area contributed by atoms with E-state index in [-0.39, 0.29) is 0 Å². The Hall–Kier alpha value is -1.19. The number of halogens is 3. The number of hydrogen-bond donors (Lipinski definition) is 1. The normalized spacial score (nSPS) is 23.3. The highest BCUT2D eigenvalue weighted by atomic mass is 19.4. The second-order valence-electron chi connectivity index (χ2n) is 5.84. The van der Waals surface area contributed by atoms with Crippen LogP contribution in [-0.4, -0.2) is 6.04 Å². The molecule has 0 saturated heterocycles. The average molecular weight is 271 g/mol. The van der Waals surface area contributed by atoms with Gasteiger partial charge < -0.3 is 5.32 Å². The molecule has 1 aromatic carbocycles. The molecule has 1 saturated carbocycles. The lowest BCUT2D eigenvalue weighted by molar-refractivity contribution is -0.137. The molecule has 1 nitrogen and oxygen atoms in total. The second-order valence-corrected chi connectivity index (χ2v) is 5.84. The molecular formula is C15H20F3N. The zero-order valence-corrected chi connectivity index (χ0v) is 11.5. The highest BCUT2D eigenvalue weighted by molar-refractivity contribution is 5.54. The van der Waals surface area contributed by atoms with Crippen LogP contribution in [0.4, 0.5) is 18.9 Å². The highest BCUT2D eigenvalue weighted by Crippen LogP contribution is 2.37. The van der Waals surface area contributed by atoms with Gasteiger partial charge in [0.1, 0.15) is 0 Å². The predicted octanol–water partition coefficient (Wildman–Crippen LogP) is 4.86. The molecule has 2 rings (SSSR count). The molecule has 19 heavy (non-hydrogen) atoms. The van der Waals surface area contributed by atoms with Crippen LogP contribution in [0.1, 0.15) is 37.8 Å². The quantitative estimate of drug-likeness (QED) is 0.827. The van der Waals surface area contributed by atoms with Crippen molar-refractivity contribution in [3.63, 3.8) is 0 Å². The number of aryl methyl sites for hydroxylation is 1. The first-order valence-electron chi connectivity index (χ1n) is 6.71. The predicted molar refractivity (Wildman–Crippen MR) is 71.2 cm³/mol. The molecule has 4 heteroatoms. The minimum Gasteiger partial charge on any atom is -0.382 e. The number of anilines is 1.